The van der Waals surface area contributed by atoms with E-state index in [0.717, 1.165) is 16.4 Å². The van der Waals surface area contributed by atoms with Crippen molar-refractivity contribution in [1.82, 2.24) is 14.5 Å². The highest BCUT2D eigenvalue weighted by atomic mass is 16.5. The molecule has 7 nitrogen and oxygen atoms in total. The van der Waals surface area contributed by atoms with Gasteiger partial charge in [0.1, 0.15) is 0 Å². The monoisotopic (exact) mass is 366 g/mol. The van der Waals surface area contributed by atoms with Crippen molar-refractivity contribution in [3.63, 3.8) is 0 Å². The van der Waals surface area contributed by atoms with Crippen molar-refractivity contribution < 1.29 is 10.7 Å². The summed E-state index contributed by atoms with van der Waals surface area (Å²) in [6.45, 7) is 3.98. The maximum atomic E-state index is 12.4. The van der Waals surface area contributed by atoms with Crippen molar-refractivity contribution in [2.45, 2.75) is 38.1 Å². The van der Waals surface area contributed by atoms with E-state index < -0.39 is 5.54 Å². The molecule has 3 aromatic rings. The third-order valence-electron chi connectivity index (χ3n) is 5.15. The third kappa shape index (κ3) is 3.31. The summed E-state index contributed by atoms with van der Waals surface area (Å²) in [6, 6.07) is 7.03. The number of pyridine rings is 1. The van der Waals surface area contributed by atoms with Crippen molar-refractivity contribution in [3.05, 3.63) is 58.4 Å². The largest absolute Gasteiger partial charge is 0.372 e. The van der Waals surface area contributed by atoms with Crippen molar-refractivity contribution in [1.29, 1.82) is 0 Å². The summed E-state index contributed by atoms with van der Waals surface area (Å²) in [5, 5.41) is 13.6. The summed E-state index contributed by atoms with van der Waals surface area (Å²) in [6.07, 6.45) is 6.25. The highest BCUT2D eigenvalue weighted by Crippen LogP contribution is 2.39. The lowest BCUT2D eigenvalue weighted by Gasteiger charge is -2.27. The molecule has 1 aliphatic rings. The number of nitrogens with zero attached hydrogens (tertiary/aromatic N) is 3. The molecular formula is C20H24N5O2+. The number of hydrogen-bond donors (Lipinski definition) is 3. The van der Waals surface area contributed by atoms with Crippen LogP contribution in [-0.4, -0.2) is 19.7 Å². The summed E-state index contributed by atoms with van der Waals surface area (Å²) in [4.78, 5) is 21.5. The first-order valence-corrected chi connectivity index (χ1v) is 9.11. The van der Waals surface area contributed by atoms with Gasteiger partial charge in [-0.15, -0.1) is 0 Å². The lowest BCUT2D eigenvalue weighted by molar-refractivity contribution is -0.825. The van der Waals surface area contributed by atoms with Gasteiger partial charge in [-0.2, -0.15) is 5.48 Å². The summed E-state index contributed by atoms with van der Waals surface area (Å²) >= 11 is 0. The van der Waals surface area contributed by atoms with E-state index in [1.165, 1.54) is 18.4 Å². The zero-order valence-corrected chi connectivity index (χ0v) is 15.7. The first-order valence-electron chi connectivity index (χ1n) is 9.11. The number of quaternary nitrogens is 1. The van der Waals surface area contributed by atoms with E-state index in [0.29, 0.717) is 23.1 Å². The Hall–Kier alpha value is -2.77. The molecule has 2 heterocycles. The lowest BCUT2D eigenvalue weighted by Crippen LogP contribution is -2.73. The molecule has 1 aliphatic carbocycles. The zero-order chi connectivity index (χ0) is 19.2. The number of nitrogens with two attached hydrogens (primary N) is 1. The second kappa shape index (κ2) is 6.44. The number of rotatable bonds is 5. The van der Waals surface area contributed by atoms with Crippen molar-refractivity contribution >= 4 is 22.3 Å². The van der Waals surface area contributed by atoms with Gasteiger partial charge in [-0.1, -0.05) is 0 Å². The SMILES string of the molecule is Cn1c(=O)cc(NC(C)(C)c2ncc(C3CC3)cn2)c2cc([NH2+]O)ccc21. The molecule has 7 heteroatoms. The summed E-state index contributed by atoms with van der Waals surface area (Å²) in [7, 11) is 1.74. The fraction of sp³-hybridized carbons (Fsp3) is 0.350. The average Bonchev–Trinajstić information content (AvgIpc) is 3.50. The molecule has 0 atom stereocenters. The molecule has 1 aromatic carbocycles. The van der Waals surface area contributed by atoms with Gasteiger partial charge in [-0.3, -0.25) is 4.79 Å². The first kappa shape index (κ1) is 17.6. The maximum absolute atomic E-state index is 12.4. The normalized spacial score (nSPS) is 14.5. The molecule has 0 amide bonds. The Morgan fingerprint density at radius 3 is 2.56 bits per heavy atom. The van der Waals surface area contributed by atoms with E-state index in [-0.39, 0.29) is 5.56 Å². The number of nitrogens with one attached hydrogen (secondary N) is 1. The van der Waals surface area contributed by atoms with E-state index in [1.54, 1.807) is 23.7 Å². The molecule has 0 radical (unpaired) electrons. The predicted octanol–water partition coefficient (Wildman–Crippen LogP) is 2.14. The summed E-state index contributed by atoms with van der Waals surface area (Å²) in [5.74, 6) is 1.29. The van der Waals surface area contributed by atoms with Crippen molar-refractivity contribution in [2.75, 3.05) is 5.32 Å². The summed E-state index contributed by atoms with van der Waals surface area (Å²) in [5.41, 5.74) is 3.72. The molecule has 4 rings (SSSR count). The zero-order valence-electron chi connectivity index (χ0n) is 15.7. The molecule has 0 spiro atoms. The molecule has 1 saturated carbocycles. The van der Waals surface area contributed by atoms with E-state index in [4.69, 9.17) is 0 Å². The quantitative estimate of drug-likeness (QED) is 0.475. The maximum Gasteiger partial charge on any atom is 0.252 e. The minimum Gasteiger partial charge on any atom is -0.372 e. The minimum atomic E-state index is -0.569. The van der Waals surface area contributed by atoms with E-state index in [9.17, 15) is 10.0 Å². The van der Waals surface area contributed by atoms with Crippen LogP contribution in [0.1, 0.15) is 44.0 Å². The van der Waals surface area contributed by atoms with Crippen LogP contribution in [0.15, 0.2) is 41.5 Å². The molecule has 140 valence electrons. The van der Waals surface area contributed by atoms with Gasteiger partial charge < -0.3 is 9.88 Å². The van der Waals surface area contributed by atoms with Gasteiger partial charge in [0, 0.05) is 48.7 Å². The number of anilines is 1. The van der Waals surface area contributed by atoms with Crippen LogP contribution in [0, 0.1) is 0 Å². The van der Waals surface area contributed by atoms with Crippen LogP contribution >= 0.6 is 0 Å². The van der Waals surface area contributed by atoms with Gasteiger partial charge in [0.15, 0.2) is 11.5 Å². The predicted molar refractivity (Wildman–Crippen MR) is 103 cm³/mol. The van der Waals surface area contributed by atoms with Gasteiger partial charge in [0.25, 0.3) is 5.56 Å². The van der Waals surface area contributed by atoms with Crippen LogP contribution in [0.3, 0.4) is 0 Å². The van der Waals surface area contributed by atoms with Gasteiger partial charge in [-0.25, -0.2) is 15.2 Å². The van der Waals surface area contributed by atoms with E-state index in [2.05, 4.69) is 15.3 Å². The number of aromatic nitrogens is 3. The van der Waals surface area contributed by atoms with Gasteiger partial charge >= 0.3 is 0 Å². The van der Waals surface area contributed by atoms with Crippen LogP contribution in [0.25, 0.3) is 10.9 Å². The van der Waals surface area contributed by atoms with Crippen LogP contribution in [-0.2, 0) is 12.6 Å². The molecule has 0 aliphatic heterocycles. The fourth-order valence-corrected chi connectivity index (χ4v) is 3.34. The Labute approximate surface area is 157 Å². The number of benzene rings is 1. The van der Waals surface area contributed by atoms with Crippen LogP contribution in [0.2, 0.25) is 0 Å². The van der Waals surface area contributed by atoms with Crippen molar-refractivity contribution in [2.24, 2.45) is 7.05 Å². The molecule has 27 heavy (non-hydrogen) atoms. The minimum absolute atomic E-state index is 0.105. The molecule has 4 N–H and O–H groups in total. The third-order valence-corrected chi connectivity index (χ3v) is 5.15. The number of fused-ring (bicyclic) bond motifs is 1. The van der Waals surface area contributed by atoms with Crippen molar-refractivity contribution in [3.8, 4) is 0 Å². The van der Waals surface area contributed by atoms with Gasteiger partial charge in [0.05, 0.1) is 11.1 Å². The smallest absolute Gasteiger partial charge is 0.252 e. The average molecular weight is 366 g/mol. The second-order valence-corrected chi connectivity index (χ2v) is 7.73. The second-order valence-electron chi connectivity index (χ2n) is 7.73. The molecule has 0 saturated heterocycles. The van der Waals surface area contributed by atoms with Crippen LogP contribution in [0.5, 0.6) is 0 Å². The Balaban J connectivity index is 1.74. The standard InChI is InChI=1S/C20H23N5O2/c1-20(2,19-21-10-13(11-22-19)12-4-5-12)23-16-9-18(26)25(3)17-7-6-14(24-27)8-15(16)17/h6-12,23-24,27H,4-5H2,1-3H3/p+1. The lowest BCUT2D eigenvalue weighted by atomic mass is 10.0. The molecular weight excluding hydrogens is 342 g/mol. The molecule has 1 fully saturated rings. The van der Waals surface area contributed by atoms with E-state index >= 15 is 0 Å². The Kier molecular flexibility index (Phi) is 4.20. The molecule has 0 bridgehead atoms. The van der Waals surface area contributed by atoms with E-state index in [1.807, 2.05) is 38.4 Å². The number of aryl methyl sites for hydroxylation is 1. The Bertz CT molecular complexity index is 1050. The topological polar surface area (TPSA) is 96.7 Å². The van der Waals surface area contributed by atoms with Crippen LogP contribution in [0.4, 0.5) is 11.4 Å². The Morgan fingerprint density at radius 1 is 1.22 bits per heavy atom. The summed E-state index contributed by atoms with van der Waals surface area (Å²) < 4.78 is 1.59. The number of hydrogen-bond acceptors (Lipinski definition) is 5. The molecule has 0 unspecified atom stereocenters. The van der Waals surface area contributed by atoms with Gasteiger partial charge in [-0.05, 0) is 44.2 Å². The first-order chi connectivity index (χ1) is 12.9. The highest BCUT2D eigenvalue weighted by molar-refractivity contribution is 5.93. The van der Waals surface area contributed by atoms with Gasteiger partial charge in [0.2, 0.25) is 0 Å². The fourth-order valence-electron chi connectivity index (χ4n) is 3.34. The highest BCUT2D eigenvalue weighted by Gasteiger charge is 2.28. The molecule has 2 aromatic heterocycles. The van der Waals surface area contributed by atoms with Crippen LogP contribution < -0.4 is 16.4 Å². The Morgan fingerprint density at radius 2 is 1.93 bits per heavy atom.